The van der Waals surface area contributed by atoms with Gasteiger partial charge in [0.1, 0.15) is 11.3 Å². The van der Waals surface area contributed by atoms with E-state index in [0.29, 0.717) is 40.7 Å². The molecule has 1 aliphatic carbocycles. The van der Waals surface area contributed by atoms with Crippen LogP contribution in [0.2, 0.25) is 0 Å². The number of halogens is 2. The van der Waals surface area contributed by atoms with E-state index < -0.39 is 17.1 Å². The van der Waals surface area contributed by atoms with Gasteiger partial charge in [-0.05, 0) is 60.7 Å². The standard InChI is InChI=1S/C29H21F2NO4/c1-34-25-4-2-3-20(29(25)35-16-18-5-6-18)11-12-24-27(19-9-7-17(15-32)8-10-19)28(33)21-13-22(30)23(31)14-26(21)36-24/h2-4,7-14,18H,5-6,16H2,1H3/b12-11+. The van der Waals surface area contributed by atoms with E-state index in [1.807, 2.05) is 18.2 Å². The number of fused-ring (bicyclic) bond motifs is 1. The Labute approximate surface area is 205 Å². The third-order valence-electron chi connectivity index (χ3n) is 6.07. The van der Waals surface area contributed by atoms with E-state index in [-0.39, 0.29) is 22.3 Å². The Morgan fingerprint density at radius 3 is 2.53 bits per heavy atom. The number of hydrogen-bond acceptors (Lipinski definition) is 5. The van der Waals surface area contributed by atoms with Gasteiger partial charge in [-0.25, -0.2) is 8.78 Å². The number of nitrogens with zero attached hydrogens (tertiary/aromatic N) is 1. The maximum absolute atomic E-state index is 13.9. The fourth-order valence-corrected chi connectivity index (χ4v) is 3.94. The van der Waals surface area contributed by atoms with Crippen molar-refractivity contribution in [2.45, 2.75) is 12.8 Å². The second kappa shape index (κ2) is 9.67. The second-order valence-electron chi connectivity index (χ2n) is 8.59. The zero-order valence-corrected chi connectivity index (χ0v) is 19.4. The Balaban J connectivity index is 1.66. The number of ether oxygens (including phenoxy) is 2. The highest BCUT2D eigenvalue weighted by molar-refractivity contribution is 5.87. The Morgan fingerprint density at radius 2 is 1.83 bits per heavy atom. The SMILES string of the molecule is COc1cccc(/C=C/c2oc3cc(F)c(F)cc3c(=O)c2-c2ccc(C#N)cc2)c1OCC1CC1. The Hall–Kier alpha value is -4.44. The molecular formula is C29H21F2NO4. The first-order chi connectivity index (χ1) is 17.5. The largest absolute Gasteiger partial charge is 0.493 e. The molecule has 36 heavy (non-hydrogen) atoms. The van der Waals surface area contributed by atoms with Gasteiger partial charge in [-0.1, -0.05) is 24.3 Å². The van der Waals surface area contributed by atoms with Crippen molar-refractivity contribution in [1.82, 2.24) is 0 Å². The van der Waals surface area contributed by atoms with Gasteiger partial charge in [0, 0.05) is 11.6 Å². The Morgan fingerprint density at radius 1 is 1.08 bits per heavy atom. The van der Waals surface area contributed by atoms with Crippen LogP contribution < -0.4 is 14.9 Å². The van der Waals surface area contributed by atoms with E-state index in [4.69, 9.17) is 19.2 Å². The predicted molar refractivity (Wildman–Crippen MR) is 133 cm³/mol. The van der Waals surface area contributed by atoms with Crippen LogP contribution in [0.1, 0.15) is 29.7 Å². The molecule has 0 atom stereocenters. The minimum atomic E-state index is -1.14. The van der Waals surface area contributed by atoms with Crippen molar-refractivity contribution in [3.63, 3.8) is 0 Å². The van der Waals surface area contributed by atoms with Crippen LogP contribution in [-0.2, 0) is 0 Å². The van der Waals surface area contributed by atoms with Crippen LogP contribution in [0.3, 0.4) is 0 Å². The third kappa shape index (κ3) is 4.58. The predicted octanol–water partition coefficient (Wildman–Crippen LogP) is 6.58. The molecule has 0 radical (unpaired) electrons. The summed E-state index contributed by atoms with van der Waals surface area (Å²) < 4.78 is 45.3. The average Bonchev–Trinajstić information content (AvgIpc) is 3.72. The van der Waals surface area contributed by atoms with Crippen LogP contribution in [0.4, 0.5) is 8.78 Å². The van der Waals surface area contributed by atoms with E-state index in [9.17, 15) is 13.6 Å². The average molecular weight is 485 g/mol. The summed E-state index contributed by atoms with van der Waals surface area (Å²) in [7, 11) is 1.56. The second-order valence-corrected chi connectivity index (χ2v) is 8.59. The first-order valence-electron chi connectivity index (χ1n) is 11.4. The summed E-state index contributed by atoms with van der Waals surface area (Å²) in [5.74, 6) is -0.433. The summed E-state index contributed by atoms with van der Waals surface area (Å²) in [5, 5.41) is 9.04. The summed E-state index contributed by atoms with van der Waals surface area (Å²) in [6.07, 6.45) is 5.58. The fourth-order valence-electron chi connectivity index (χ4n) is 3.94. The molecule has 5 rings (SSSR count). The minimum Gasteiger partial charge on any atom is -0.493 e. The smallest absolute Gasteiger partial charge is 0.201 e. The zero-order valence-electron chi connectivity index (χ0n) is 19.4. The zero-order chi connectivity index (χ0) is 25.2. The van der Waals surface area contributed by atoms with Gasteiger partial charge in [-0.3, -0.25) is 4.79 Å². The number of hydrogen-bond donors (Lipinski definition) is 0. The lowest BCUT2D eigenvalue weighted by atomic mass is 10.00. The highest BCUT2D eigenvalue weighted by atomic mass is 19.2. The van der Waals surface area contributed by atoms with Gasteiger partial charge in [0.05, 0.1) is 36.3 Å². The monoisotopic (exact) mass is 485 g/mol. The minimum absolute atomic E-state index is 0.0770. The van der Waals surface area contributed by atoms with E-state index >= 15 is 0 Å². The molecule has 180 valence electrons. The molecule has 0 spiro atoms. The molecule has 1 saturated carbocycles. The van der Waals surface area contributed by atoms with Crippen molar-refractivity contribution in [1.29, 1.82) is 5.26 Å². The summed E-state index contributed by atoms with van der Waals surface area (Å²) >= 11 is 0. The van der Waals surface area contributed by atoms with Crippen LogP contribution in [0.15, 0.2) is 63.8 Å². The van der Waals surface area contributed by atoms with Gasteiger partial charge >= 0.3 is 0 Å². The van der Waals surface area contributed by atoms with Crippen molar-refractivity contribution in [2.24, 2.45) is 5.92 Å². The van der Waals surface area contributed by atoms with Gasteiger partial charge in [0.2, 0.25) is 5.43 Å². The van der Waals surface area contributed by atoms with Crippen molar-refractivity contribution < 1.29 is 22.7 Å². The van der Waals surface area contributed by atoms with Gasteiger partial charge in [0.15, 0.2) is 23.1 Å². The molecule has 1 fully saturated rings. The molecule has 0 N–H and O–H groups in total. The van der Waals surface area contributed by atoms with E-state index in [1.54, 1.807) is 49.6 Å². The van der Waals surface area contributed by atoms with Crippen molar-refractivity contribution in [3.8, 4) is 28.7 Å². The summed E-state index contributed by atoms with van der Waals surface area (Å²) in [6.45, 7) is 0.577. The number of methoxy groups -OCH3 is 1. The lowest BCUT2D eigenvalue weighted by Crippen LogP contribution is -2.08. The maximum atomic E-state index is 13.9. The normalized spacial score (nSPS) is 13.2. The molecule has 0 saturated heterocycles. The summed E-state index contributed by atoms with van der Waals surface area (Å²) in [4.78, 5) is 13.4. The number of para-hydroxylation sites is 1. The van der Waals surface area contributed by atoms with Gasteiger partial charge < -0.3 is 13.9 Å². The number of nitriles is 1. The lowest BCUT2D eigenvalue weighted by Gasteiger charge is -2.13. The summed E-state index contributed by atoms with van der Waals surface area (Å²) in [6, 6.07) is 15.6. The quantitative estimate of drug-likeness (QED) is 0.296. The van der Waals surface area contributed by atoms with Crippen LogP contribution in [0.5, 0.6) is 11.5 Å². The molecule has 0 amide bonds. The molecule has 0 bridgehead atoms. The van der Waals surface area contributed by atoms with E-state index in [1.165, 1.54) is 0 Å². The first-order valence-corrected chi connectivity index (χ1v) is 11.4. The van der Waals surface area contributed by atoms with Crippen molar-refractivity contribution in [2.75, 3.05) is 13.7 Å². The van der Waals surface area contributed by atoms with Gasteiger partial charge in [0.25, 0.3) is 0 Å². The topological polar surface area (TPSA) is 72.5 Å². The molecule has 1 aliphatic rings. The Kier molecular flexibility index (Phi) is 6.26. The van der Waals surface area contributed by atoms with Crippen LogP contribution >= 0.6 is 0 Å². The van der Waals surface area contributed by atoms with Gasteiger partial charge in [-0.2, -0.15) is 5.26 Å². The molecule has 0 aliphatic heterocycles. The fraction of sp³-hybridized carbons (Fsp3) is 0.172. The molecule has 5 nitrogen and oxygen atoms in total. The first kappa shape index (κ1) is 23.3. The van der Waals surface area contributed by atoms with Crippen LogP contribution in [0, 0.1) is 28.9 Å². The van der Waals surface area contributed by atoms with Crippen molar-refractivity contribution >= 4 is 23.1 Å². The molecule has 7 heteroatoms. The molecule has 1 heterocycles. The van der Waals surface area contributed by atoms with E-state index in [0.717, 1.165) is 25.0 Å². The molecule has 0 unspecified atom stereocenters. The van der Waals surface area contributed by atoms with Crippen molar-refractivity contribution in [3.05, 3.63) is 93.3 Å². The van der Waals surface area contributed by atoms with E-state index in [2.05, 4.69) is 0 Å². The highest BCUT2D eigenvalue weighted by Crippen LogP contribution is 2.36. The molecule has 4 aromatic rings. The van der Waals surface area contributed by atoms with Crippen LogP contribution in [0.25, 0.3) is 34.2 Å². The molecular weight excluding hydrogens is 464 g/mol. The Bertz CT molecular complexity index is 1580. The van der Waals surface area contributed by atoms with Crippen LogP contribution in [-0.4, -0.2) is 13.7 Å². The summed E-state index contributed by atoms with van der Waals surface area (Å²) in [5.41, 5.74) is 1.17. The van der Waals surface area contributed by atoms with Gasteiger partial charge in [-0.15, -0.1) is 0 Å². The number of benzene rings is 3. The number of rotatable bonds is 7. The molecule has 3 aromatic carbocycles. The third-order valence-corrected chi connectivity index (χ3v) is 6.07. The lowest BCUT2D eigenvalue weighted by molar-refractivity contribution is 0.280. The maximum Gasteiger partial charge on any atom is 0.201 e. The molecule has 1 aromatic heterocycles. The highest BCUT2D eigenvalue weighted by Gasteiger charge is 2.23.